The fourth-order valence-corrected chi connectivity index (χ4v) is 2.87. The number of halogens is 1. The largest absolute Gasteiger partial charge is 0.288 e. The molecule has 2 heterocycles. The number of rotatable bonds is 3. The molecule has 0 aromatic carbocycles. The molecule has 0 saturated carbocycles. The van der Waals surface area contributed by atoms with Crippen molar-refractivity contribution in [3.63, 3.8) is 0 Å². The normalized spacial score (nSPS) is 11.0. The van der Waals surface area contributed by atoms with Gasteiger partial charge >= 0.3 is 0 Å². The zero-order chi connectivity index (χ0) is 10.7. The fourth-order valence-electron chi connectivity index (χ4n) is 1.08. The van der Waals surface area contributed by atoms with Gasteiger partial charge in [0.05, 0.1) is 8.66 Å². The highest BCUT2D eigenvalue weighted by molar-refractivity contribution is 9.11. The quantitative estimate of drug-likeness (QED) is 0.604. The minimum Gasteiger partial charge on any atom is -0.288 e. The maximum Gasteiger partial charge on any atom is 0.195 e. The average Bonchev–Trinajstić information content (AvgIpc) is 2.84. The molecule has 0 fully saturated rings. The summed E-state index contributed by atoms with van der Waals surface area (Å²) in [6, 6.07) is 5.71. The van der Waals surface area contributed by atoms with E-state index in [1.54, 1.807) is 17.4 Å². The van der Waals surface area contributed by atoms with Crippen molar-refractivity contribution < 1.29 is 4.79 Å². The second kappa shape index (κ2) is 4.88. The molecule has 2 aromatic rings. The monoisotopic (exact) mass is 298 g/mol. The van der Waals surface area contributed by atoms with Gasteiger partial charge in [-0.15, -0.1) is 22.7 Å². The molecule has 0 atom stereocenters. The first kappa shape index (κ1) is 10.8. The third-order valence-electron chi connectivity index (χ3n) is 1.78. The van der Waals surface area contributed by atoms with Crippen molar-refractivity contribution in [3.05, 3.63) is 49.3 Å². The molecule has 1 nitrogen and oxygen atoms in total. The van der Waals surface area contributed by atoms with Crippen molar-refractivity contribution in [1.29, 1.82) is 0 Å². The number of carbonyl (C=O) groups is 1. The number of thiophene rings is 2. The Balaban J connectivity index is 2.09. The lowest BCUT2D eigenvalue weighted by Gasteiger charge is -1.87. The van der Waals surface area contributed by atoms with Crippen molar-refractivity contribution in [2.75, 3.05) is 0 Å². The summed E-state index contributed by atoms with van der Waals surface area (Å²) < 4.78 is 1.07. The third-order valence-corrected chi connectivity index (χ3v) is 4.19. The summed E-state index contributed by atoms with van der Waals surface area (Å²) in [4.78, 5) is 12.4. The molecule has 2 rings (SSSR count). The van der Waals surface area contributed by atoms with Crippen molar-refractivity contribution >= 4 is 50.5 Å². The van der Waals surface area contributed by atoms with Gasteiger partial charge in [-0.05, 0) is 50.5 Å². The first-order valence-corrected chi connectivity index (χ1v) is 6.81. The molecule has 2 aromatic heterocycles. The van der Waals surface area contributed by atoms with E-state index in [1.807, 2.05) is 35.0 Å². The molecule has 0 saturated heterocycles. The molecule has 0 spiro atoms. The highest BCUT2D eigenvalue weighted by Crippen LogP contribution is 2.21. The molecule has 0 aliphatic carbocycles. The van der Waals surface area contributed by atoms with Gasteiger partial charge in [0.1, 0.15) is 0 Å². The number of ketones is 1. The Morgan fingerprint density at radius 1 is 1.40 bits per heavy atom. The number of allylic oxidation sites excluding steroid dienone is 1. The van der Waals surface area contributed by atoms with Gasteiger partial charge in [0.15, 0.2) is 5.78 Å². The Morgan fingerprint density at radius 3 is 2.87 bits per heavy atom. The Bertz CT molecular complexity index is 482. The van der Waals surface area contributed by atoms with E-state index in [0.29, 0.717) is 0 Å². The van der Waals surface area contributed by atoms with Gasteiger partial charge in [0, 0.05) is 0 Å². The summed E-state index contributed by atoms with van der Waals surface area (Å²) in [5.41, 5.74) is 1.05. The fraction of sp³-hybridized carbons (Fsp3) is 0. The second-order valence-corrected chi connectivity index (χ2v) is 6.10. The predicted molar refractivity (Wildman–Crippen MR) is 69.7 cm³/mol. The van der Waals surface area contributed by atoms with E-state index in [4.69, 9.17) is 0 Å². The molecule has 0 aliphatic heterocycles. The average molecular weight is 299 g/mol. The van der Waals surface area contributed by atoms with Gasteiger partial charge in [-0.25, -0.2) is 0 Å². The first-order valence-electron chi connectivity index (χ1n) is 4.25. The molecular weight excluding hydrogens is 292 g/mol. The zero-order valence-corrected chi connectivity index (χ0v) is 10.9. The van der Waals surface area contributed by atoms with Crippen LogP contribution in [0.15, 0.2) is 38.8 Å². The van der Waals surface area contributed by atoms with Gasteiger partial charge in [0.25, 0.3) is 0 Å². The summed E-state index contributed by atoms with van der Waals surface area (Å²) in [6.45, 7) is 0. The molecule has 0 unspecified atom stereocenters. The molecule has 15 heavy (non-hydrogen) atoms. The molecule has 0 radical (unpaired) electrons. The Kier molecular flexibility index (Phi) is 3.51. The lowest BCUT2D eigenvalue weighted by atomic mass is 10.2. The van der Waals surface area contributed by atoms with Crippen LogP contribution in [0.4, 0.5) is 0 Å². The van der Waals surface area contributed by atoms with E-state index in [1.165, 1.54) is 11.3 Å². The summed E-state index contributed by atoms with van der Waals surface area (Å²) in [6.07, 6.45) is 3.45. The molecule has 0 bridgehead atoms. The van der Waals surface area contributed by atoms with Crippen LogP contribution in [0.1, 0.15) is 15.2 Å². The van der Waals surface area contributed by atoms with Crippen LogP contribution in [0.2, 0.25) is 0 Å². The molecule has 0 amide bonds. The second-order valence-electron chi connectivity index (χ2n) is 2.86. The summed E-state index contributed by atoms with van der Waals surface area (Å²) in [5.74, 6) is 0.0623. The first-order chi connectivity index (χ1) is 7.25. The van der Waals surface area contributed by atoms with E-state index in [2.05, 4.69) is 15.9 Å². The van der Waals surface area contributed by atoms with Crippen LogP contribution in [-0.4, -0.2) is 5.78 Å². The molecular formula is C11H7BrOS2. The third kappa shape index (κ3) is 2.87. The van der Waals surface area contributed by atoms with Gasteiger partial charge < -0.3 is 0 Å². The van der Waals surface area contributed by atoms with Gasteiger partial charge in [-0.3, -0.25) is 4.79 Å². The van der Waals surface area contributed by atoms with Crippen LogP contribution in [0.3, 0.4) is 0 Å². The molecule has 0 aliphatic rings. The van der Waals surface area contributed by atoms with Crippen LogP contribution in [0, 0.1) is 0 Å². The van der Waals surface area contributed by atoms with E-state index in [9.17, 15) is 4.79 Å². The topological polar surface area (TPSA) is 17.1 Å². The predicted octanol–water partition coefficient (Wildman–Crippen LogP) is 4.47. The van der Waals surface area contributed by atoms with E-state index < -0.39 is 0 Å². The zero-order valence-electron chi connectivity index (χ0n) is 7.64. The van der Waals surface area contributed by atoms with Crippen LogP contribution in [-0.2, 0) is 0 Å². The number of hydrogen-bond donors (Lipinski definition) is 0. The van der Waals surface area contributed by atoms with Crippen molar-refractivity contribution in [3.8, 4) is 0 Å². The standard InChI is InChI=1S/C11H7BrOS2/c12-11-6-8(7-15-11)3-4-9(13)10-2-1-5-14-10/h1-7H. The van der Waals surface area contributed by atoms with Crippen molar-refractivity contribution in [2.24, 2.45) is 0 Å². The summed E-state index contributed by atoms with van der Waals surface area (Å²) in [5, 5.41) is 3.91. The Hall–Kier alpha value is -0.710. The number of hydrogen-bond acceptors (Lipinski definition) is 3. The maximum absolute atomic E-state index is 11.6. The number of carbonyl (C=O) groups excluding carboxylic acids is 1. The molecule has 76 valence electrons. The van der Waals surface area contributed by atoms with Gasteiger partial charge in [-0.2, -0.15) is 0 Å². The Labute approximate surface area is 104 Å². The van der Waals surface area contributed by atoms with Crippen LogP contribution in [0.25, 0.3) is 6.08 Å². The van der Waals surface area contributed by atoms with Crippen LogP contribution >= 0.6 is 38.6 Å². The molecule has 0 N–H and O–H groups in total. The van der Waals surface area contributed by atoms with Gasteiger partial charge in [-0.1, -0.05) is 12.1 Å². The minimum atomic E-state index is 0.0623. The van der Waals surface area contributed by atoms with E-state index >= 15 is 0 Å². The van der Waals surface area contributed by atoms with Crippen LogP contribution in [0.5, 0.6) is 0 Å². The van der Waals surface area contributed by atoms with Gasteiger partial charge in [0.2, 0.25) is 0 Å². The smallest absolute Gasteiger partial charge is 0.195 e. The highest BCUT2D eigenvalue weighted by Gasteiger charge is 2.01. The Morgan fingerprint density at radius 2 is 2.27 bits per heavy atom. The van der Waals surface area contributed by atoms with E-state index in [0.717, 1.165) is 14.2 Å². The lowest BCUT2D eigenvalue weighted by molar-refractivity contribution is 0.105. The lowest BCUT2D eigenvalue weighted by Crippen LogP contribution is -1.87. The van der Waals surface area contributed by atoms with Crippen molar-refractivity contribution in [1.82, 2.24) is 0 Å². The van der Waals surface area contributed by atoms with Crippen LogP contribution < -0.4 is 0 Å². The highest BCUT2D eigenvalue weighted by atomic mass is 79.9. The SMILES string of the molecule is O=C(C=Cc1csc(Br)c1)c1cccs1. The molecule has 4 heteroatoms. The summed E-state index contributed by atoms with van der Waals surface area (Å²) >= 11 is 6.45. The summed E-state index contributed by atoms with van der Waals surface area (Å²) in [7, 11) is 0. The minimum absolute atomic E-state index is 0.0623. The maximum atomic E-state index is 11.6. The van der Waals surface area contributed by atoms with Crippen molar-refractivity contribution in [2.45, 2.75) is 0 Å². The van der Waals surface area contributed by atoms with E-state index in [-0.39, 0.29) is 5.78 Å².